The summed E-state index contributed by atoms with van der Waals surface area (Å²) in [5, 5.41) is 1.09. The first-order valence-corrected chi connectivity index (χ1v) is 13.9. The van der Waals surface area contributed by atoms with Gasteiger partial charge in [-0.1, -0.05) is 83.1 Å². The standard InChI is InChI=1S/C27H22BrCl2NO3S2/c1-3-33-23-11-18(10-21(28)25(23)34-15-19-8-9-20(29)13-22(19)30)12-24-26(32)31(27(35)36-24)14-17-6-4-16(2)5-7-17/h4-13H,3,14-15H2,1-2H3/b24-12-. The largest absolute Gasteiger partial charge is 0.490 e. The monoisotopic (exact) mass is 621 g/mol. The number of halogens is 3. The van der Waals surface area contributed by atoms with Gasteiger partial charge in [0.1, 0.15) is 10.9 Å². The molecule has 186 valence electrons. The minimum absolute atomic E-state index is 0.114. The predicted octanol–water partition coefficient (Wildman–Crippen LogP) is 8.44. The first kappa shape index (κ1) is 27.0. The summed E-state index contributed by atoms with van der Waals surface area (Å²) < 4.78 is 13.1. The Labute approximate surface area is 238 Å². The average Bonchev–Trinajstić information content (AvgIpc) is 3.08. The van der Waals surface area contributed by atoms with Crippen LogP contribution in [0.15, 0.2) is 64.0 Å². The molecule has 0 saturated carbocycles. The lowest BCUT2D eigenvalue weighted by Crippen LogP contribution is -2.27. The Kier molecular flexibility index (Phi) is 9.01. The van der Waals surface area contributed by atoms with Crippen LogP contribution in [0.1, 0.15) is 29.2 Å². The summed E-state index contributed by atoms with van der Waals surface area (Å²) in [4.78, 5) is 15.3. The highest BCUT2D eigenvalue weighted by molar-refractivity contribution is 9.10. The Morgan fingerprint density at radius 3 is 2.53 bits per heavy atom. The van der Waals surface area contributed by atoms with Crippen molar-refractivity contribution in [3.05, 3.63) is 96.3 Å². The van der Waals surface area contributed by atoms with E-state index in [9.17, 15) is 4.79 Å². The normalized spacial score (nSPS) is 14.6. The SMILES string of the molecule is CCOc1cc(/C=C2\SC(=S)N(Cc3ccc(C)cc3)C2=O)cc(Br)c1OCc1ccc(Cl)cc1Cl. The lowest BCUT2D eigenvalue weighted by molar-refractivity contribution is -0.122. The van der Waals surface area contributed by atoms with Crippen LogP contribution in [-0.4, -0.2) is 21.7 Å². The first-order chi connectivity index (χ1) is 17.2. The van der Waals surface area contributed by atoms with E-state index in [1.807, 2.05) is 62.4 Å². The van der Waals surface area contributed by atoms with Crippen LogP contribution in [0.5, 0.6) is 11.5 Å². The van der Waals surface area contributed by atoms with Crippen LogP contribution in [-0.2, 0) is 17.9 Å². The van der Waals surface area contributed by atoms with Crippen LogP contribution in [0.4, 0.5) is 0 Å². The van der Waals surface area contributed by atoms with Crippen molar-refractivity contribution in [1.82, 2.24) is 4.90 Å². The van der Waals surface area contributed by atoms with Crippen molar-refractivity contribution in [3.63, 3.8) is 0 Å². The lowest BCUT2D eigenvalue weighted by atomic mass is 10.1. The molecule has 3 aromatic carbocycles. The van der Waals surface area contributed by atoms with Crippen molar-refractivity contribution in [3.8, 4) is 11.5 Å². The lowest BCUT2D eigenvalue weighted by Gasteiger charge is -2.16. The molecular formula is C27H22BrCl2NO3S2. The van der Waals surface area contributed by atoms with Gasteiger partial charge in [-0.15, -0.1) is 0 Å². The molecule has 9 heteroatoms. The number of carbonyl (C=O) groups is 1. The molecule has 0 atom stereocenters. The molecule has 0 bridgehead atoms. The highest BCUT2D eigenvalue weighted by Gasteiger charge is 2.32. The summed E-state index contributed by atoms with van der Waals surface area (Å²) in [7, 11) is 0. The molecule has 0 aromatic heterocycles. The number of thioether (sulfide) groups is 1. The molecule has 4 nitrogen and oxygen atoms in total. The van der Waals surface area contributed by atoms with Gasteiger partial charge in [0.2, 0.25) is 0 Å². The second kappa shape index (κ2) is 12.0. The minimum atomic E-state index is -0.114. The van der Waals surface area contributed by atoms with Crippen LogP contribution >= 0.6 is 63.1 Å². The number of hydrogen-bond donors (Lipinski definition) is 0. The van der Waals surface area contributed by atoms with Gasteiger partial charge < -0.3 is 9.47 Å². The third-order valence-corrected chi connectivity index (χ3v) is 7.91. The maximum atomic E-state index is 13.1. The molecule has 1 aliphatic rings. The molecule has 1 amide bonds. The molecule has 1 heterocycles. The molecule has 1 aliphatic heterocycles. The molecular weight excluding hydrogens is 601 g/mol. The maximum Gasteiger partial charge on any atom is 0.266 e. The van der Waals surface area contributed by atoms with E-state index in [1.165, 1.54) is 17.3 Å². The quantitative estimate of drug-likeness (QED) is 0.186. The van der Waals surface area contributed by atoms with Gasteiger partial charge in [-0.05, 0) is 71.2 Å². The molecule has 0 unspecified atom stereocenters. The zero-order chi connectivity index (χ0) is 25.8. The van der Waals surface area contributed by atoms with E-state index in [4.69, 9.17) is 44.9 Å². The minimum Gasteiger partial charge on any atom is -0.490 e. The zero-order valence-electron chi connectivity index (χ0n) is 19.5. The van der Waals surface area contributed by atoms with Gasteiger partial charge in [0.25, 0.3) is 5.91 Å². The molecule has 0 aliphatic carbocycles. The summed E-state index contributed by atoms with van der Waals surface area (Å²) in [6, 6.07) is 17.1. The van der Waals surface area contributed by atoms with Crippen LogP contribution < -0.4 is 9.47 Å². The Balaban J connectivity index is 1.55. The van der Waals surface area contributed by atoms with E-state index >= 15 is 0 Å². The number of carbonyl (C=O) groups excluding carboxylic acids is 1. The molecule has 3 aromatic rings. The molecule has 4 rings (SSSR count). The second-order valence-electron chi connectivity index (χ2n) is 8.04. The number of amides is 1. The number of ether oxygens (including phenoxy) is 2. The summed E-state index contributed by atoms with van der Waals surface area (Å²) in [6.07, 6.45) is 1.82. The number of nitrogens with zero attached hydrogens (tertiary/aromatic N) is 1. The number of thiocarbonyl (C=S) groups is 1. The fourth-order valence-electron chi connectivity index (χ4n) is 3.53. The van der Waals surface area contributed by atoms with Crippen molar-refractivity contribution >= 4 is 79.4 Å². The van der Waals surface area contributed by atoms with Gasteiger partial charge in [-0.2, -0.15) is 0 Å². The van der Waals surface area contributed by atoms with E-state index in [0.717, 1.165) is 16.7 Å². The molecule has 0 N–H and O–H groups in total. The highest BCUT2D eigenvalue weighted by atomic mass is 79.9. The summed E-state index contributed by atoms with van der Waals surface area (Å²) in [5.41, 5.74) is 3.79. The average molecular weight is 623 g/mol. The number of hydrogen-bond acceptors (Lipinski definition) is 5. The number of benzene rings is 3. The Bertz CT molecular complexity index is 1350. The van der Waals surface area contributed by atoms with E-state index in [-0.39, 0.29) is 12.5 Å². The van der Waals surface area contributed by atoms with Crippen molar-refractivity contribution in [2.75, 3.05) is 6.61 Å². The van der Waals surface area contributed by atoms with Crippen molar-refractivity contribution in [2.24, 2.45) is 0 Å². The number of aryl methyl sites for hydroxylation is 1. The third kappa shape index (κ3) is 6.45. The van der Waals surface area contributed by atoms with Gasteiger partial charge in [0.15, 0.2) is 11.5 Å². The summed E-state index contributed by atoms with van der Waals surface area (Å²) in [6.45, 7) is 5.06. The third-order valence-electron chi connectivity index (χ3n) is 5.35. The van der Waals surface area contributed by atoms with Gasteiger partial charge in [0, 0.05) is 15.6 Å². The predicted molar refractivity (Wildman–Crippen MR) is 156 cm³/mol. The van der Waals surface area contributed by atoms with E-state index in [0.29, 0.717) is 48.4 Å². The summed E-state index contributed by atoms with van der Waals surface area (Å²) in [5.74, 6) is 0.989. The second-order valence-corrected chi connectivity index (χ2v) is 11.4. The Hall–Kier alpha value is -2.03. The smallest absolute Gasteiger partial charge is 0.266 e. The first-order valence-electron chi connectivity index (χ1n) is 11.1. The van der Waals surface area contributed by atoms with Gasteiger partial charge in [0.05, 0.1) is 22.5 Å². The van der Waals surface area contributed by atoms with Crippen LogP contribution in [0.3, 0.4) is 0 Å². The fraction of sp³-hybridized carbons (Fsp3) is 0.185. The van der Waals surface area contributed by atoms with E-state index in [1.54, 1.807) is 17.0 Å². The Morgan fingerprint density at radius 2 is 1.83 bits per heavy atom. The van der Waals surface area contributed by atoms with Crippen LogP contribution in [0.25, 0.3) is 6.08 Å². The Morgan fingerprint density at radius 1 is 1.08 bits per heavy atom. The molecule has 0 radical (unpaired) electrons. The van der Waals surface area contributed by atoms with Gasteiger partial charge in [-0.3, -0.25) is 9.69 Å². The molecule has 1 fully saturated rings. The number of rotatable bonds is 8. The topological polar surface area (TPSA) is 38.8 Å². The fourth-order valence-corrected chi connectivity index (χ4v) is 5.82. The van der Waals surface area contributed by atoms with Crippen LogP contribution in [0.2, 0.25) is 10.0 Å². The van der Waals surface area contributed by atoms with Crippen LogP contribution in [0, 0.1) is 6.92 Å². The molecule has 36 heavy (non-hydrogen) atoms. The maximum absolute atomic E-state index is 13.1. The molecule has 1 saturated heterocycles. The van der Waals surface area contributed by atoms with Gasteiger partial charge >= 0.3 is 0 Å². The van der Waals surface area contributed by atoms with Crippen molar-refractivity contribution < 1.29 is 14.3 Å². The van der Waals surface area contributed by atoms with Crippen molar-refractivity contribution in [1.29, 1.82) is 0 Å². The van der Waals surface area contributed by atoms with Crippen molar-refractivity contribution in [2.45, 2.75) is 27.0 Å². The highest BCUT2D eigenvalue weighted by Crippen LogP contribution is 2.40. The molecule has 0 spiro atoms. The zero-order valence-corrected chi connectivity index (χ0v) is 24.2. The van der Waals surface area contributed by atoms with Gasteiger partial charge in [-0.25, -0.2) is 0 Å². The van der Waals surface area contributed by atoms with E-state index in [2.05, 4.69) is 15.9 Å². The van der Waals surface area contributed by atoms with E-state index < -0.39 is 0 Å². The summed E-state index contributed by atoms with van der Waals surface area (Å²) >= 11 is 22.7.